The summed E-state index contributed by atoms with van der Waals surface area (Å²) in [4.78, 5) is 15.9. The summed E-state index contributed by atoms with van der Waals surface area (Å²) in [5, 5.41) is 13.0. The molecule has 0 fully saturated rings. The standard InChI is InChI=1S/C12H17ClN2O2S/c1-8-4-10(13)9(5-14-8)11(16)15-6-12(2,17)7-18-3/h4-5,17H,6-7H2,1-3H3,(H,15,16). The van der Waals surface area contributed by atoms with Gasteiger partial charge in [-0.25, -0.2) is 0 Å². The van der Waals surface area contributed by atoms with E-state index in [9.17, 15) is 9.90 Å². The fraction of sp³-hybridized carbons (Fsp3) is 0.500. The molecule has 1 unspecified atom stereocenters. The molecule has 1 aromatic rings. The van der Waals surface area contributed by atoms with Crippen LogP contribution in [0.5, 0.6) is 0 Å². The van der Waals surface area contributed by atoms with Crippen LogP contribution in [0.1, 0.15) is 23.0 Å². The van der Waals surface area contributed by atoms with E-state index >= 15 is 0 Å². The average Bonchev–Trinajstić information content (AvgIpc) is 2.26. The van der Waals surface area contributed by atoms with Gasteiger partial charge in [0.2, 0.25) is 0 Å². The van der Waals surface area contributed by atoms with Gasteiger partial charge in [0.05, 0.1) is 16.2 Å². The van der Waals surface area contributed by atoms with E-state index in [0.717, 1.165) is 5.69 Å². The number of nitrogens with one attached hydrogen (secondary N) is 1. The van der Waals surface area contributed by atoms with Crippen molar-refractivity contribution in [2.45, 2.75) is 19.4 Å². The molecule has 0 aromatic carbocycles. The van der Waals surface area contributed by atoms with Gasteiger partial charge < -0.3 is 10.4 Å². The highest BCUT2D eigenvalue weighted by Gasteiger charge is 2.21. The molecule has 2 N–H and O–H groups in total. The average molecular weight is 289 g/mol. The summed E-state index contributed by atoms with van der Waals surface area (Å²) in [6.07, 6.45) is 3.34. The summed E-state index contributed by atoms with van der Waals surface area (Å²) in [5.74, 6) is 0.224. The van der Waals surface area contributed by atoms with Crippen molar-refractivity contribution in [3.63, 3.8) is 0 Å². The van der Waals surface area contributed by atoms with Gasteiger partial charge in [-0.15, -0.1) is 0 Å². The second kappa shape index (κ2) is 6.41. The molecule has 0 aliphatic carbocycles. The quantitative estimate of drug-likeness (QED) is 0.868. The molecule has 18 heavy (non-hydrogen) atoms. The largest absolute Gasteiger partial charge is 0.387 e. The SMILES string of the molecule is CSCC(C)(O)CNC(=O)c1cnc(C)cc1Cl. The number of amides is 1. The number of aliphatic hydroxyl groups is 1. The Morgan fingerprint density at radius 2 is 2.33 bits per heavy atom. The minimum atomic E-state index is -0.931. The lowest BCUT2D eigenvalue weighted by molar-refractivity contribution is 0.0725. The molecule has 0 aliphatic rings. The van der Waals surface area contributed by atoms with Gasteiger partial charge in [0.15, 0.2) is 0 Å². The summed E-state index contributed by atoms with van der Waals surface area (Å²) < 4.78 is 0. The number of hydrogen-bond donors (Lipinski definition) is 2. The third-order valence-corrected chi connectivity index (χ3v) is 3.54. The summed E-state index contributed by atoms with van der Waals surface area (Å²) in [6, 6.07) is 1.64. The molecule has 0 saturated carbocycles. The molecule has 1 rings (SSSR count). The van der Waals surface area contributed by atoms with Gasteiger partial charge in [-0.05, 0) is 26.2 Å². The zero-order valence-corrected chi connectivity index (χ0v) is 12.2. The molecule has 0 aliphatic heterocycles. The van der Waals surface area contributed by atoms with Crippen molar-refractivity contribution < 1.29 is 9.90 Å². The van der Waals surface area contributed by atoms with Crippen LogP contribution in [0.15, 0.2) is 12.3 Å². The summed E-state index contributed by atoms with van der Waals surface area (Å²) in [6.45, 7) is 3.66. The van der Waals surface area contributed by atoms with Gasteiger partial charge in [0, 0.05) is 24.2 Å². The summed E-state index contributed by atoms with van der Waals surface area (Å²) >= 11 is 7.49. The highest BCUT2D eigenvalue weighted by Crippen LogP contribution is 2.16. The molecule has 0 radical (unpaired) electrons. The molecule has 0 bridgehead atoms. The predicted octanol–water partition coefficient (Wildman–Crippen LogP) is 1.89. The lowest BCUT2D eigenvalue weighted by atomic mass is 10.1. The van der Waals surface area contributed by atoms with Crippen LogP contribution < -0.4 is 5.32 Å². The normalized spacial score (nSPS) is 14.1. The van der Waals surface area contributed by atoms with Gasteiger partial charge in [0.25, 0.3) is 5.91 Å². The maximum Gasteiger partial charge on any atom is 0.254 e. The molecule has 1 atom stereocenters. The van der Waals surface area contributed by atoms with Gasteiger partial charge in [-0.2, -0.15) is 11.8 Å². The van der Waals surface area contributed by atoms with E-state index < -0.39 is 5.60 Å². The smallest absolute Gasteiger partial charge is 0.254 e. The van der Waals surface area contributed by atoms with Crippen molar-refractivity contribution in [3.05, 3.63) is 28.5 Å². The first-order chi connectivity index (χ1) is 8.35. The highest BCUT2D eigenvalue weighted by atomic mass is 35.5. The van der Waals surface area contributed by atoms with Crippen LogP contribution in [0.25, 0.3) is 0 Å². The summed E-state index contributed by atoms with van der Waals surface area (Å²) in [7, 11) is 0. The highest BCUT2D eigenvalue weighted by molar-refractivity contribution is 7.98. The number of hydrogen-bond acceptors (Lipinski definition) is 4. The van der Waals surface area contributed by atoms with Gasteiger partial charge in [-0.3, -0.25) is 9.78 Å². The van der Waals surface area contributed by atoms with E-state index in [1.54, 1.807) is 19.9 Å². The van der Waals surface area contributed by atoms with Crippen molar-refractivity contribution >= 4 is 29.3 Å². The first-order valence-corrected chi connectivity index (χ1v) is 7.24. The molecule has 1 aromatic heterocycles. The predicted molar refractivity (Wildman–Crippen MR) is 75.3 cm³/mol. The van der Waals surface area contributed by atoms with Gasteiger partial charge >= 0.3 is 0 Å². The Morgan fingerprint density at radius 1 is 1.67 bits per heavy atom. The summed E-state index contributed by atoms with van der Waals surface area (Å²) in [5.41, 5.74) is 0.146. The number of halogens is 1. The van der Waals surface area contributed by atoms with E-state index in [2.05, 4.69) is 10.3 Å². The molecule has 6 heteroatoms. The lowest BCUT2D eigenvalue weighted by Gasteiger charge is -2.22. The van der Waals surface area contributed by atoms with E-state index in [0.29, 0.717) is 16.3 Å². The molecule has 0 spiro atoms. The number of nitrogens with zero attached hydrogens (tertiary/aromatic N) is 1. The van der Waals surface area contributed by atoms with Crippen molar-refractivity contribution in [1.82, 2.24) is 10.3 Å². The second-order valence-corrected chi connectivity index (χ2v) is 5.69. The fourth-order valence-corrected chi connectivity index (χ4v) is 2.44. The van der Waals surface area contributed by atoms with Gasteiger partial charge in [0.1, 0.15) is 0 Å². The third-order valence-electron chi connectivity index (χ3n) is 2.32. The van der Waals surface area contributed by atoms with Crippen molar-refractivity contribution in [2.24, 2.45) is 0 Å². The first kappa shape index (κ1) is 15.3. The zero-order valence-electron chi connectivity index (χ0n) is 10.7. The number of carbonyl (C=O) groups is 1. The number of carbonyl (C=O) groups excluding carboxylic acids is 1. The number of rotatable bonds is 5. The number of pyridine rings is 1. The Balaban J connectivity index is 2.66. The third kappa shape index (κ3) is 4.48. The molecule has 100 valence electrons. The Kier molecular flexibility index (Phi) is 5.44. The Bertz CT molecular complexity index is 438. The van der Waals surface area contributed by atoms with E-state index in [1.807, 2.05) is 6.26 Å². The molecular weight excluding hydrogens is 272 g/mol. The molecule has 4 nitrogen and oxygen atoms in total. The van der Waals surface area contributed by atoms with Crippen molar-refractivity contribution in [3.8, 4) is 0 Å². The molecule has 1 amide bonds. The number of aryl methyl sites for hydroxylation is 1. The van der Waals surface area contributed by atoms with Crippen molar-refractivity contribution in [1.29, 1.82) is 0 Å². The first-order valence-electron chi connectivity index (χ1n) is 5.47. The van der Waals surface area contributed by atoms with Crippen LogP contribution >= 0.6 is 23.4 Å². The number of thioether (sulfide) groups is 1. The lowest BCUT2D eigenvalue weighted by Crippen LogP contribution is -2.42. The zero-order chi connectivity index (χ0) is 13.8. The monoisotopic (exact) mass is 288 g/mol. The Hall–Kier alpha value is -0.780. The second-order valence-electron chi connectivity index (χ2n) is 4.42. The van der Waals surface area contributed by atoms with Crippen LogP contribution in [0, 0.1) is 6.92 Å². The Morgan fingerprint density at radius 3 is 2.89 bits per heavy atom. The van der Waals surface area contributed by atoms with Crippen molar-refractivity contribution in [2.75, 3.05) is 18.6 Å². The van der Waals surface area contributed by atoms with Crippen LogP contribution in [0.4, 0.5) is 0 Å². The maximum absolute atomic E-state index is 11.9. The fourth-order valence-electron chi connectivity index (χ4n) is 1.42. The minimum absolute atomic E-state index is 0.177. The van der Waals surface area contributed by atoms with Crippen LogP contribution in [0.3, 0.4) is 0 Å². The van der Waals surface area contributed by atoms with E-state index in [1.165, 1.54) is 18.0 Å². The van der Waals surface area contributed by atoms with Crippen LogP contribution in [-0.4, -0.2) is 40.2 Å². The molecule has 1 heterocycles. The van der Waals surface area contributed by atoms with Gasteiger partial charge in [-0.1, -0.05) is 11.6 Å². The number of aromatic nitrogens is 1. The topological polar surface area (TPSA) is 62.2 Å². The Labute approximate surface area is 116 Å². The minimum Gasteiger partial charge on any atom is -0.387 e. The van der Waals surface area contributed by atoms with Crippen LogP contribution in [-0.2, 0) is 0 Å². The van der Waals surface area contributed by atoms with Crippen LogP contribution in [0.2, 0.25) is 5.02 Å². The van der Waals surface area contributed by atoms with E-state index in [4.69, 9.17) is 11.6 Å². The van der Waals surface area contributed by atoms with E-state index in [-0.39, 0.29) is 12.5 Å². The maximum atomic E-state index is 11.9. The molecule has 0 saturated heterocycles. The molecular formula is C12H17ClN2O2S.